The predicted octanol–water partition coefficient (Wildman–Crippen LogP) is 2.71. The summed E-state index contributed by atoms with van der Waals surface area (Å²) in [6.07, 6.45) is 7.00. The van der Waals surface area contributed by atoms with E-state index < -0.39 is 0 Å². The number of aromatic amines is 1. The van der Waals surface area contributed by atoms with Crippen LogP contribution in [-0.2, 0) is 6.42 Å². The Balaban J connectivity index is 1.97. The molecule has 0 amide bonds. The van der Waals surface area contributed by atoms with Crippen molar-refractivity contribution in [2.45, 2.75) is 58.4 Å². The Bertz CT molecular complexity index is 433. The molecule has 4 heteroatoms. The van der Waals surface area contributed by atoms with E-state index in [9.17, 15) is 4.79 Å². The van der Waals surface area contributed by atoms with E-state index in [0.717, 1.165) is 24.0 Å². The van der Waals surface area contributed by atoms with Gasteiger partial charge in [-0.1, -0.05) is 20.3 Å². The summed E-state index contributed by atoms with van der Waals surface area (Å²) >= 11 is 0. The number of aryl methyl sites for hydroxylation is 1. The molecule has 2 N–H and O–H groups in total. The molecule has 0 aliphatic heterocycles. The third-order valence-electron chi connectivity index (χ3n) is 3.90. The molecule has 1 aliphatic carbocycles. The van der Waals surface area contributed by atoms with E-state index in [1.165, 1.54) is 32.1 Å². The molecule has 1 aromatic rings. The first-order valence-electron chi connectivity index (χ1n) is 7.08. The molecule has 1 aromatic heterocycles. The van der Waals surface area contributed by atoms with Crippen LogP contribution in [0.4, 0.5) is 5.82 Å². The number of rotatable bonds is 4. The third kappa shape index (κ3) is 3.34. The molecule has 1 heterocycles. The van der Waals surface area contributed by atoms with Crippen molar-refractivity contribution >= 4 is 5.82 Å². The number of nitrogens with one attached hydrogen (secondary N) is 2. The average Bonchev–Trinajstić information content (AvgIpc) is 2.39. The van der Waals surface area contributed by atoms with E-state index in [4.69, 9.17) is 0 Å². The molecule has 0 atom stereocenters. The Kier molecular flexibility index (Phi) is 4.39. The van der Waals surface area contributed by atoms with E-state index >= 15 is 0 Å². The molecule has 0 unspecified atom stereocenters. The van der Waals surface area contributed by atoms with Crippen LogP contribution in [0.2, 0.25) is 0 Å². The summed E-state index contributed by atoms with van der Waals surface area (Å²) in [6, 6.07) is 2.04. The number of H-pyrrole nitrogens is 1. The van der Waals surface area contributed by atoms with Crippen LogP contribution < -0.4 is 10.9 Å². The normalized spacial score (nSPS) is 23.9. The van der Waals surface area contributed by atoms with Crippen LogP contribution in [0.3, 0.4) is 0 Å². The summed E-state index contributed by atoms with van der Waals surface area (Å²) in [5, 5.41) is 3.41. The van der Waals surface area contributed by atoms with Crippen LogP contribution in [0.25, 0.3) is 0 Å². The zero-order chi connectivity index (χ0) is 13.0. The lowest BCUT2D eigenvalue weighted by Crippen LogP contribution is -2.27. The van der Waals surface area contributed by atoms with Gasteiger partial charge in [0, 0.05) is 18.5 Å². The van der Waals surface area contributed by atoms with Crippen LogP contribution in [-0.4, -0.2) is 16.0 Å². The highest BCUT2D eigenvalue weighted by molar-refractivity contribution is 5.34. The maximum absolute atomic E-state index is 11.5. The Morgan fingerprint density at radius 3 is 2.67 bits per heavy atom. The van der Waals surface area contributed by atoms with E-state index in [0.29, 0.717) is 6.04 Å². The van der Waals surface area contributed by atoms with Crippen molar-refractivity contribution in [1.29, 1.82) is 0 Å². The minimum Gasteiger partial charge on any atom is -0.367 e. The molecule has 1 fully saturated rings. The van der Waals surface area contributed by atoms with E-state index in [-0.39, 0.29) is 5.56 Å². The van der Waals surface area contributed by atoms with Gasteiger partial charge in [-0.3, -0.25) is 4.79 Å². The molecule has 2 rings (SSSR count). The average molecular weight is 249 g/mol. The van der Waals surface area contributed by atoms with E-state index in [1.54, 1.807) is 6.07 Å². The van der Waals surface area contributed by atoms with Crippen LogP contribution >= 0.6 is 0 Å². The van der Waals surface area contributed by atoms with Crippen LogP contribution in [0.1, 0.15) is 51.8 Å². The number of anilines is 1. The van der Waals surface area contributed by atoms with E-state index in [2.05, 4.69) is 22.2 Å². The van der Waals surface area contributed by atoms with Gasteiger partial charge in [0.1, 0.15) is 11.6 Å². The molecule has 0 saturated heterocycles. The molecule has 0 bridgehead atoms. The van der Waals surface area contributed by atoms with Gasteiger partial charge >= 0.3 is 0 Å². The monoisotopic (exact) mass is 249 g/mol. The zero-order valence-electron chi connectivity index (χ0n) is 11.3. The highest BCUT2D eigenvalue weighted by Crippen LogP contribution is 2.27. The summed E-state index contributed by atoms with van der Waals surface area (Å²) in [4.78, 5) is 18.6. The minimum absolute atomic E-state index is 0.0633. The van der Waals surface area contributed by atoms with Crippen molar-refractivity contribution in [3.63, 3.8) is 0 Å². The third-order valence-corrected chi connectivity index (χ3v) is 3.90. The van der Waals surface area contributed by atoms with Crippen molar-refractivity contribution in [2.75, 3.05) is 5.32 Å². The molecular weight excluding hydrogens is 226 g/mol. The molecule has 1 aliphatic rings. The van der Waals surface area contributed by atoms with Crippen molar-refractivity contribution < 1.29 is 0 Å². The Morgan fingerprint density at radius 2 is 2.06 bits per heavy atom. The highest BCUT2D eigenvalue weighted by atomic mass is 16.1. The second kappa shape index (κ2) is 6.03. The van der Waals surface area contributed by atoms with Crippen LogP contribution in [0, 0.1) is 5.92 Å². The first kappa shape index (κ1) is 13.1. The Morgan fingerprint density at radius 1 is 1.33 bits per heavy atom. The van der Waals surface area contributed by atoms with Crippen LogP contribution in [0.15, 0.2) is 10.9 Å². The van der Waals surface area contributed by atoms with Crippen molar-refractivity contribution in [3.8, 4) is 0 Å². The fraction of sp³-hybridized carbons (Fsp3) is 0.714. The molecule has 1 saturated carbocycles. The Labute approximate surface area is 108 Å². The molecule has 0 radical (unpaired) electrons. The van der Waals surface area contributed by atoms with Gasteiger partial charge in [-0.15, -0.1) is 0 Å². The second-order valence-electron chi connectivity index (χ2n) is 5.20. The molecule has 0 aromatic carbocycles. The van der Waals surface area contributed by atoms with Gasteiger partial charge in [0.2, 0.25) is 0 Å². The molecular formula is C14H23N3O. The minimum atomic E-state index is -0.0633. The summed E-state index contributed by atoms with van der Waals surface area (Å²) in [7, 11) is 0. The van der Waals surface area contributed by atoms with E-state index in [1.807, 2.05) is 6.92 Å². The number of nitrogens with zero attached hydrogens (tertiary/aromatic N) is 1. The number of hydrogen-bond donors (Lipinski definition) is 2. The molecule has 0 spiro atoms. The summed E-state index contributed by atoms with van der Waals surface area (Å²) < 4.78 is 0. The van der Waals surface area contributed by atoms with Gasteiger partial charge in [0.25, 0.3) is 5.56 Å². The van der Waals surface area contributed by atoms with Crippen LogP contribution in [0.5, 0.6) is 0 Å². The van der Waals surface area contributed by atoms with Gasteiger partial charge in [0.05, 0.1) is 0 Å². The largest absolute Gasteiger partial charge is 0.367 e. The Hall–Kier alpha value is -1.32. The summed E-state index contributed by atoms with van der Waals surface area (Å²) in [6.45, 7) is 4.26. The zero-order valence-corrected chi connectivity index (χ0v) is 11.3. The summed E-state index contributed by atoms with van der Waals surface area (Å²) in [5.74, 6) is 2.38. The van der Waals surface area contributed by atoms with Gasteiger partial charge in [0.15, 0.2) is 0 Å². The predicted molar refractivity (Wildman–Crippen MR) is 73.9 cm³/mol. The lowest BCUT2D eigenvalue weighted by Gasteiger charge is -2.28. The number of hydrogen-bond acceptors (Lipinski definition) is 3. The van der Waals surface area contributed by atoms with Gasteiger partial charge in [-0.25, -0.2) is 4.98 Å². The molecule has 100 valence electrons. The smallest absolute Gasteiger partial charge is 0.252 e. The lowest BCUT2D eigenvalue weighted by molar-refractivity contribution is 0.330. The fourth-order valence-electron chi connectivity index (χ4n) is 2.67. The first-order valence-corrected chi connectivity index (χ1v) is 7.08. The van der Waals surface area contributed by atoms with Crippen molar-refractivity contribution in [1.82, 2.24) is 9.97 Å². The summed E-state index contributed by atoms with van der Waals surface area (Å²) in [5.41, 5.74) is -0.0633. The molecule has 4 nitrogen and oxygen atoms in total. The molecule has 18 heavy (non-hydrogen) atoms. The topological polar surface area (TPSA) is 57.8 Å². The quantitative estimate of drug-likeness (QED) is 0.862. The maximum Gasteiger partial charge on any atom is 0.252 e. The van der Waals surface area contributed by atoms with Crippen molar-refractivity contribution in [2.24, 2.45) is 5.92 Å². The highest BCUT2D eigenvalue weighted by Gasteiger charge is 2.20. The SMILES string of the molecule is CCc1nc(NC2CCC(CC)CC2)cc(=O)[nH]1. The first-order chi connectivity index (χ1) is 8.71. The standard InChI is InChI=1S/C14H23N3O/c1-3-10-5-7-11(8-6-10)15-13-9-14(18)17-12(4-2)16-13/h9-11H,3-8H2,1-2H3,(H2,15,16,17,18). The van der Waals surface area contributed by atoms with Gasteiger partial charge in [-0.2, -0.15) is 0 Å². The number of aromatic nitrogens is 2. The van der Waals surface area contributed by atoms with Gasteiger partial charge < -0.3 is 10.3 Å². The van der Waals surface area contributed by atoms with Crippen molar-refractivity contribution in [3.05, 3.63) is 22.2 Å². The lowest BCUT2D eigenvalue weighted by atomic mass is 9.84. The second-order valence-corrected chi connectivity index (χ2v) is 5.20. The fourth-order valence-corrected chi connectivity index (χ4v) is 2.67. The van der Waals surface area contributed by atoms with Gasteiger partial charge in [-0.05, 0) is 31.6 Å². The maximum atomic E-state index is 11.5.